The van der Waals surface area contributed by atoms with Crippen LogP contribution in [0.2, 0.25) is 0 Å². The van der Waals surface area contributed by atoms with E-state index in [1.54, 1.807) is 0 Å². The number of nitrogens with one attached hydrogen (secondary N) is 1. The molecule has 0 spiro atoms. The number of hydrogen-bond donors (Lipinski definition) is 1. The second kappa shape index (κ2) is 8.93. The molecular weight excluding hydrogens is 377 g/mol. The van der Waals surface area contributed by atoms with Gasteiger partial charge in [0, 0.05) is 18.8 Å². The van der Waals surface area contributed by atoms with Crippen LogP contribution in [0.4, 0.5) is 10.1 Å². The summed E-state index contributed by atoms with van der Waals surface area (Å²) >= 11 is 5.49. The Morgan fingerprint density at radius 1 is 1.14 bits per heavy atom. The number of carbonyl (C=O) groups is 2. The number of halogens is 1. The van der Waals surface area contributed by atoms with Gasteiger partial charge < -0.3 is 10.2 Å². The summed E-state index contributed by atoms with van der Waals surface area (Å²) in [5.74, 6) is -0.842. The predicted molar refractivity (Wildman–Crippen MR) is 110 cm³/mol. The lowest BCUT2D eigenvalue weighted by atomic mass is 10.1. The standard InChI is InChI=1S/C21H22FN3O2S/c1-2-24-20(27)18(14-19(26)23-17-10-8-16(22)9-11-17)25(21(24)28)13-12-15-6-4-3-5-7-15/h3-11,18H,2,12-14H2,1H3,(H,23,26)/t18-/m0/s1. The van der Waals surface area contributed by atoms with Crippen LogP contribution in [-0.2, 0) is 16.0 Å². The first kappa shape index (κ1) is 19.9. The van der Waals surface area contributed by atoms with Crippen LogP contribution < -0.4 is 5.32 Å². The van der Waals surface area contributed by atoms with Gasteiger partial charge in [0.1, 0.15) is 11.9 Å². The highest BCUT2D eigenvalue weighted by atomic mass is 32.1. The number of thiocarbonyl (C=S) groups is 1. The topological polar surface area (TPSA) is 52.7 Å². The third kappa shape index (κ3) is 4.54. The fourth-order valence-electron chi connectivity index (χ4n) is 3.25. The second-order valence-electron chi connectivity index (χ2n) is 6.57. The van der Waals surface area contributed by atoms with Crippen LogP contribution in [0.25, 0.3) is 0 Å². The normalized spacial score (nSPS) is 16.6. The molecule has 0 saturated carbocycles. The predicted octanol–water partition coefficient (Wildman–Crippen LogP) is 3.21. The summed E-state index contributed by atoms with van der Waals surface area (Å²) < 4.78 is 13.0. The molecule has 1 atom stereocenters. The van der Waals surface area contributed by atoms with E-state index in [0.29, 0.717) is 23.9 Å². The summed E-state index contributed by atoms with van der Waals surface area (Å²) in [5, 5.41) is 3.17. The first-order valence-electron chi connectivity index (χ1n) is 9.21. The van der Waals surface area contributed by atoms with Crippen molar-refractivity contribution in [2.45, 2.75) is 25.8 Å². The first-order valence-corrected chi connectivity index (χ1v) is 9.61. The monoisotopic (exact) mass is 399 g/mol. The third-order valence-electron chi connectivity index (χ3n) is 4.71. The second-order valence-corrected chi connectivity index (χ2v) is 6.93. The Kier molecular flexibility index (Phi) is 6.36. The van der Waals surface area contributed by atoms with Gasteiger partial charge in [0.25, 0.3) is 5.91 Å². The van der Waals surface area contributed by atoms with Gasteiger partial charge in [-0.05, 0) is 55.4 Å². The number of nitrogens with zero attached hydrogens (tertiary/aromatic N) is 2. The lowest BCUT2D eigenvalue weighted by molar-refractivity contribution is -0.130. The lowest BCUT2D eigenvalue weighted by Crippen LogP contribution is -2.39. The molecule has 146 valence electrons. The van der Waals surface area contributed by atoms with Gasteiger partial charge in [-0.25, -0.2) is 4.39 Å². The molecule has 1 fully saturated rings. The van der Waals surface area contributed by atoms with E-state index >= 15 is 0 Å². The van der Waals surface area contributed by atoms with E-state index in [1.807, 2.05) is 42.2 Å². The summed E-state index contributed by atoms with van der Waals surface area (Å²) in [4.78, 5) is 28.6. The maximum absolute atomic E-state index is 13.0. The molecule has 0 unspecified atom stereocenters. The minimum Gasteiger partial charge on any atom is -0.336 e. The zero-order chi connectivity index (χ0) is 20.1. The Hall–Kier alpha value is -2.80. The highest BCUT2D eigenvalue weighted by Crippen LogP contribution is 2.22. The molecule has 0 aromatic heterocycles. The van der Waals surface area contributed by atoms with Gasteiger partial charge in [0.2, 0.25) is 5.91 Å². The molecule has 2 amide bonds. The van der Waals surface area contributed by atoms with Crippen molar-refractivity contribution >= 4 is 34.8 Å². The van der Waals surface area contributed by atoms with Crippen molar-refractivity contribution in [3.8, 4) is 0 Å². The van der Waals surface area contributed by atoms with Gasteiger partial charge in [0.15, 0.2) is 5.11 Å². The smallest absolute Gasteiger partial charge is 0.252 e. The fraction of sp³-hybridized carbons (Fsp3) is 0.286. The Bertz CT molecular complexity index is 858. The highest BCUT2D eigenvalue weighted by molar-refractivity contribution is 7.80. The number of rotatable bonds is 7. The van der Waals surface area contributed by atoms with Crippen molar-refractivity contribution in [3.05, 3.63) is 66.0 Å². The number of likely N-dealkylation sites (N-methyl/N-ethyl adjacent to an activating group) is 1. The number of carbonyl (C=O) groups excluding carboxylic acids is 2. The molecule has 2 aromatic rings. The van der Waals surface area contributed by atoms with Crippen LogP contribution in [0.15, 0.2) is 54.6 Å². The van der Waals surface area contributed by atoms with Crippen LogP contribution in [0.1, 0.15) is 18.9 Å². The molecular formula is C21H22FN3O2S. The molecule has 1 aliphatic rings. The maximum Gasteiger partial charge on any atom is 0.252 e. The van der Waals surface area contributed by atoms with Crippen LogP contribution in [0.5, 0.6) is 0 Å². The van der Waals surface area contributed by atoms with Crippen LogP contribution in [-0.4, -0.2) is 45.9 Å². The average molecular weight is 399 g/mol. The Morgan fingerprint density at radius 2 is 1.82 bits per heavy atom. The number of benzene rings is 2. The van der Waals surface area contributed by atoms with Gasteiger partial charge >= 0.3 is 0 Å². The molecule has 3 rings (SSSR count). The summed E-state index contributed by atoms with van der Waals surface area (Å²) in [6.45, 7) is 2.88. The molecule has 1 N–H and O–H groups in total. The average Bonchev–Trinajstić information content (AvgIpc) is 2.92. The van der Waals surface area contributed by atoms with E-state index in [4.69, 9.17) is 12.2 Å². The van der Waals surface area contributed by atoms with Crippen LogP contribution in [0.3, 0.4) is 0 Å². The zero-order valence-corrected chi connectivity index (χ0v) is 16.4. The Balaban J connectivity index is 1.69. The van der Waals surface area contributed by atoms with Crippen LogP contribution in [0, 0.1) is 5.82 Å². The van der Waals surface area contributed by atoms with Crippen molar-refractivity contribution in [2.24, 2.45) is 0 Å². The van der Waals surface area contributed by atoms with E-state index in [9.17, 15) is 14.0 Å². The minimum atomic E-state index is -0.628. The molecule has 1 saturated heterocycles. The summed E-state index contributed by atoms with van der Waals surface area (Å²) in [5.41, 5.74) is 1.63. The first-order chi connectivity index (χ1) is 13.5. The van der Waals surface area contributed by atoms with Crippen molar-refractivity contribution in [1.82, 2.24) is 9.80 Å². The van der Waals surface area contributed by atoms with Crippen molar-refractivity contribution in [1.29, 1.82) is 0 Å². The van der Waals surface area contributed by atoms with Gasteiger partial charge in [-0.15, -0.1) is 0 Å². The Morgan fingerprint density at radius 3 is 2.46 bits per heavy atom. The van der Waals surface area contributed by atoms with Crippen LogP contribution >= 0.6 is 12.2 Å². The number of amides is 2. The molecule has 7 heteroatoms. The summed E-state index contributed by atoms with van der Waals surface area (Å²) in [6.07, 6.45) is 0.712. The van der Waals surface area contributed by atoms with Gasteiger partial charge in [-0.1, -0.05) is 30.3 Å². The molecule has 1 heterocycles. The van der Waals surface area contributed by atoms with E-state index in [0.717, 1.165) is 12.0 Å². The minimum absolute atomic E-state index is 0.0123. The van der Waals surface area contributed by atoms with Gasteiger partial charge in [0.05, 0.1) is 6.42 Å². The van der Waals surface area contributed by atoms with Gasteiger partial charge in [-0.3, -0.25) is 14.5 Å². The molecule has 1 aliphatic heterocycles. The summed E-state index contributed by atoms with van der Waals surface area (Å²) in [6, 6.07) is 14.8. The maximum atomic E-state index is 13.0. The van der Waals surface area contributed by atoms with Gasteiger partial charge in [-0.2, -0.15) is 0 Å². The van der Waals surface area contributed by atoms with E-state index in [1.165, 1.54) is 29.2 Å². The Labute approximate surface area is 169 Å². The number of hydrogen-bond acceptors (Lipinski definition) is 3. The lowest BCUT2D eigenvalue weighted by Gasteiger charge is -2.23. The number of anilines is 1. The molecule has 2 aromatic carbocycles. The zero-order valence-electron chi connectivity index (χ0n) is 15.6. The van der Waals surface area contributed by atoms with Crippen molar-refractivity contribution in [2.75, 3.05) is 18.4 Å². The SMILES string of the molecule is CCN1C(=O)[C@H](CC(=O)Nc2ccc(F)cc2)N(CCc2ccccc2)C1=S. The van der Waals surface area contributed by atoms with Crippen molar-refractivity contribution < 1.29 is 14.0 Å². The fourth-order valence-corrected chi connectivity index (χ4v) is 3.69. The molecule has 0 radical (unpaired) electrons. The highest BCUT2D eigenvalue weighted by Gasteiger charge is 2.42. The largest absolute Gasteiger partial charge is 0.336 e. The molecule has 0 aliphatic carbocycles. The van der Waals surface area contributed by atoms with E-state index in [2.05, 4.69) is 5.32 Å². The molecule has 0 bridgehead atoms. The summed E-state index contributed by atoms with van der Waals surface area (Å²) in [7, 11) is 0. The van der Waals surface area contributed by atoms with E-state index in [-0.39, 0.29) is 24.1 Å². The molecule has 5 nitrogen and oxygen atoms in total. The van der Waals surface area contributed by atoms with E-state index < -0.39 is 6.04 Å². The van der Waals surface area contributed by atoms with Crippen molar-refractivity contribution in [3.63, 3.8) is 0 Å². The quantitative estimate of drug-likeness (QED) is 0.727. The third-order valence-corrected chi connectivity index (χ3v) is 5.17. The molecule has 28 heavy (non-hydrogen) atoms.